The minimum absolute atomic E-state index is 0.507. The van der Waals surface area contributed by atoms with E-state index in [9.17, 15) is 0 Å². The number of thioether (sulfide) groups is 1. The van der Waals surface area contributed by atoms with Crippen LogP contribution in [-0.4, -0.2) is 15.7 Å². The number of hydrogen-bond acceptors (Lipinski definition) is 3. The fraction of sp³-hybridized carbons (Fsp3) is 0.0909. The van der Waals surface area contributed by atoms with Crippen LogP contribution in [0.15, 0.2) is 42.1 Å². The molecule has 0 aliphatic carbocycles. The molecular weight excluding hydrogens is 228 g/mol. The van der Waals surface area contributed by atoms with Gasteiger partial charge in [0.15, 0.2) is 5.16 Å². The zero-order valence-electron chi connectivity index (χ0n) is 7.98. The number of fused-ring (bicyclic) bond motifs is 1. The molecule has 1 aromatic carbocycles. The van der Waals surface area contributed by atoms with Gasteiger partial charge in [0, 0.05) is 11.1 Å². The van der Waals surface area contributed by atoms with Gasteiger partial charge in [0.25, 0.3) is 0 Å². The molecule has 0 bridgehead atoms. The van der Waals surface area contributed by atoms with Crippen molar-refractivity contribution in [2.45, 2.75) is 5.16 Å². The molecule has 0 aliphatic heterocycles. The summed E-state index contributed by atoms with van der Waals surface area (Å²) in [5, 5.41) is 2.09. The lowest BCUT2D eigenvalue weighted by atomic mass is 10.2. The van der Waals surface area contributed by atoms with E-state index in [1.165, 1.54) is 11.8 Å². The van der Waals surface area contributed by atoms with E-state index in [-0.39, 0.29) is 0 Å². The van der Waals surface area contributed by atoms with E-state index in [1.807, 2.05) is 30.3 Å². The van der Waals surface area contributed by atoms with Gasteiger partial charge >= 0.3 is 0 Å². The Morgan fingerprint density at radius 3 is 2.93 bits per heavy atom. The van der Waals surface area contributed by atoms with Gasteiger partial charge in [0.2, 0.25) is 0 Å². The van der Waals surface area contributed by atoms with Gasteiger partial charge in [-0.05, 0) is 12.1 Å². The third kappa shape index (κ3) is 2.30. The summed E-state index contributed by atoms with van der Waals surface area (Å²) < 4.78 is 0. The van der Waals surface area contributed by atoms with Crippen molar-refractivity contribution < 1.29 is 0 Å². The van der Waals surface area contributed by atoms with E-state index in [4.69, 9.17) is 11.6 Å². The molecule has 2 rings (SSSR count). The van der Waals surface area contributed by atoms with Gasteiger partial charge in [-0.1, -0.05) is 41.6 Å². The van der Waals surface area contributed by atoms with Crippen LogP contribution in [0, 0.1) is 0 Å². The Morgan fingerprint density at radius 1 is 1.33 bits per heavy atom. The van der Waals surface area contributed by atoms with Crippen LogP contribution in [0.1, 0.15) is 0 Å². The normalized spacial score (nSPS) is 10.5. The maximum absolute atomic E-state index is 6.05. The van der Waals surface area contributed by atoms with Crippen molar-refractivity contribution >= 4 is 34.3 Å². The smallest absolute Gasteiger partial charge is 0.189 e. The number of halogens is 1. The van der Waals surface area contributed by atoms with E-state index in [2.05, 4.69) is 16.5 Å². The van der Waals surface area contributed by atoms with E-state index in [0.717, 1.165) is 16.7 Å². The first-order chi connectivity index (χ1) is 7.31. The summed E-state index contributed by atoms with van der Waals surface area (Å²) in [7, 11) is 0. The van der Waals surface area contributed by atoms with Crippen molar-refractivity contribution in [1.82, 2.24) is 9.97 Å². The van der Waals surface area contributed by atoms with E-state index in [0.29, 0.717) is 10.3 Å². The first kappa shape index (κ1) is 10.5. The van der Waals surface area contributed by atoms with Crippen LogP contribution >= 0.6 is 23.4 Å². The van der Waals surface area contributed by atoms with Crippen molar-refractivity contribution in [1.29, 1.82) is 0 Å². The Bertz CT molecular complexity index is 499. The molecule has 0 amide bonds. The molecular formula is C11H9ClN2S. The molecule has 0 N–H and O–H groups in total. The maximum Gasteiger partial charge on any atom is 0.189 e. The Kier molecular flexibility index (Phi) is 3.23. The number of hydrogen-bond donors (Lipinski definition) is 0. The molecule has 2 nitrogen and oxygen atoms in total. The molecule has 0 saturated heterocycles. The lowest BCUT2D eigenvalue weighted by molar-refractivity contribution is 1.01. The lowest BCUT2D eigenvalue weighted by Crippen LogP contribution is -1.89. The third-order valence-corrected chi connectivity index (χ3v) is 3.00. The average molecular weight is 237 g/mol. The van der Waals surface area contributed by atoms with Crippen molar-refractivity contribution in [2.24, 2.45) is 0 Å². The molecule has 76 valence electrons. The standard InChI is InChI=1S/C11H9ClN2S/c1-2-7-15-11-13-9-6-4-3-5-8(9)10(12)14-11/h2-6H,1,7H2. The predicted molar refractivity (Wildman–Crippen MR) is 65.5 cm³/mol. The van der Waals surface area contributed by atoms with Crippen LogP contribution in [0.2, 0.25) is 5.15 Å². The SMILES string of the molecule is C=CCSc1nc(Cl)c2ccccc2n1. The van der Waals surface area contributed by atoms with Crippen molar-refractivity contribution in [3.8, 4) is 0 Å². The highest BCUT2D eigenvalue weighted by Crippen LogP contribution is 2.23. The Hall–Kier alpha value is -1.06. The Balaban J connectivity index is 2.47. The number of benzene rings is 1. The average Bonchev–Trinajstić information content (AvgIpc) is 2.26. The van der Waals surface area contributed by atoms with Gasteiger partial charge in [-0.25, -0.2) is 9.97 Å². The molecule has 15 heavy (non-hydrogen) atoms. The number of nitrogens with zero attached hydrogens (tertiary/aromatic N) is 2. The predicted octanol–water partition coefficient (Wildman–Crippen LogP) is 3.56. The van der Waals surface area contributed by atoms with Crippen molar-refractivity contribution in [3.05, 3.63) is 42.1 Å². The quantitative estimate of drug-likeness (QED) is 0.353. The lowest BCUT2D eigenvalue weighted by Gasteiger charge is -2.02. The molecule has 0 fully saturated rings. The summed E-state index contributed by atoms with van der Waals surface area (Å²) in [6.45, 7) is 3.65. The third-order valence-electron chi connectivity index (χ3n) is 1.87. The minimum atomic E-state index is 0.507. The maximum atomic E-state index is 6.05. The summed E-state index contributed by atoms with van der Waals surface area (Å²) in [4.78, 5) is 8.60. The second-order valence-electron chi connectivity index (χ2n) is 2.91. The van der Waals surface area contributed by atoms with Crippen LogP contribution in [0.25, 0.3) is 10.9 Å². The van der Waals surface area contributed by atoms with Crippen molar-refractivity contribution in [3.63, 3.8) is 0 Å². The summed E-state index contributed by atoms with van der Waals surface area (Å²) in [5.41, 5.74) is 0.879. The highest BCUT2D eigenvalue weighted by Gasteiger charge is 2.04. The van der Waals surface area contributed by atoms with Crippen LogP contribution in [-0.2, 0) is 0 Å². The molecule has 2 aromatic rings. The van der Waals surface area contributed by atoms with Gasteiger partial charge in [-0.3, -0.25) is 0 Å². The monoisotopic (exact) mass is 236 g/mol. The van der Waals surface area contributed by atoms with Gasteiger partial charge < -0.3 is 0 Å². The van der Waals surface area contributed by atoms with E-state index in [1.54, 1.807) is 0 Å². The summed E-state index contributed by atoms with van der Waals surface area (Å²) in [6, 6.07) is 7.71. The van der Waals surface area contributed by atoms with Crippen LogP contribution in [0.4, 0.5) is 0 Å². The van der Waals surface area contributed by atoms with Crippen molar-refractivity contribution in [2.75, 3.05) is 5.75 Å². The van der Waals surface area contributed by atoms with Gasteiger partial charge in [0.1, 0.15) is 5.15 Å². The highest BCUT2D eigenvalue weighted by molar-refractivity contribution is 7.99. The summed E-state index contributed by atoms with van der Waals surface area (Å²) >= 11 is 7.58. The molecule has 1 aromatic heterocycles. The zero-order valence-corrected chi connectivity index (χ0v) is 9.55. The number of para-hydroxylation sites is 1. The van der Waals surface area contributed by atoms with Crippen LogP contribution in [0.3, 0.4) is 0 Å². The molecule has 0 unspecified atom stereocenters. The first-order valence-corrected chi connectivity index (χ1v) is 5.83. The molecule has 0 spiro atoms. The molecule has 0 atom stereocenters. The molecule has 0 aliphatic rings. The van der Waals surface area contributed by atoms with Crippen LogP contribution < -0.4 is 0 Å². The second-order valence-corrected chi connectivity index (χ2v) is 4.26. The summed E-state index contributed by atoms with van der Waals surface area (Å²) in [5.74, 6) is 0.786. The fourth-order valence-corrected chi connectivity index (χ4v) is 2.09. The topological polar surface area (TPSA) is 25.8 Å². The van der Waals surface area contributed by atoms with Gasteiger partial charge in [-0.15, -0.1) is 6.58 Å². The molecule has 4 heteroatoms. The minimum Gasteiger partial charge on any atom is -0.222 e. The Morgan fingerprint density at radius 2 is 2.13 bits per heavy atom. The molecule has 0 saturated carbocycles. The zero-order chi connectivity index (χ0) is 10.7. The van der Waals surface area contributed by atoms with Gasteiger partial charge in [0.05, 0.1) is 5.52 Å². The largest absolute Gasteiger partial charge is 0.222 e. The van der Waals surface area contributed by atoms with Crippen LogP contribution in [0.5, 0.6) is 0 Å². The number of aromatic nitrogens is 2. The fourth-order valence-electron chi connectivity index (χ4n) is 1.22. The Labute approximate surface area is 97.4 Å². The van der Waals surface area contributed by atoms with E-state index >= 15 is 0 Å². The highest BCUT2D eigenvalue weighted by atomic mass is 35.5. The van der Waals surface area contributed by atoms with Gasteiger partial charge in [-0.2, -0.15) is 0 Å². The second kappa shape index (κ2) is 4.64. The van der Waals surface area contributed by atoms with E-state index < -0.39 is 0 Å². The summed E-state index contributed by atoms with van der Waals surface area (Å²) in [6.07, 6.45) is 1.82. The molecule has 0 radical (unpaired) electrons. The number of rotatable bonds is 3. The molecule has 1 heterocycles. The first-order valence-electron chi connectivity index (χ1n) is 4.47.